The average molecular weight is 400 g/mol. The topological polar surface area (TPSA) is 68.1 Å². The van der Waals surface area contributed by atoms with E-state index in [1.165, 1.54) is 22.5 Å². The molecule has 0 N–H and O–H groups in total. The first-order valence-electron chi connectivity index (χ1n) is 9.13. The molecule has 2 aromatic heterocycles. The number of nitrogens with zero attached hydrogens (tertiary/aromatic N) is 4. The molecule has 3 aromatic rings. The molecule has 0 spiro atoms. The summed E-state index contributed by atoms with van der Waals surface area (Å²) in [6.45, 7) is 3.50. The molecule has 1 aliphatic rings. The van der Waals surface area contributed by atoms with E-state index < -0.39 is 15.8 Å². The minimum atomic E-state index is -3.69. The highest BCUT2D eigenvalue weighted by molar-refractivity contribution is 7.89. The molecule has 1 saturated heterocycles. The number of sulfonamides is 1. The van der Waals surface area contributed by atoms with E-state index >= 15 is 0 Å². The predicted molar refractivity (Wildman–Crippen MR) is 103 cm³/mol. The highest BCUT2D eigenvalue weighted by Gasteiger charge is 2.33. The Balaban J connectivity index is 1.53. The van der Waals surface area contributed by atoms with Crippen LogP contribution in [0, 0.1) is 18.7 Å². The van der Waals surface area contributed by atoms with E-state index in [1.807, 2.05) is 25.3 Å². The lowest BCUT2D eigenvalue weighted by molar-refractivity contribution is 0.428. The fourth-order valence-electron chi connectivity index (χ4n) is 3.62. The number of imidazole rings is 1. The van der Waals surface area contributed by atoms with Gasteiger partial charge in [0.2, 0.25) is 10.0 Å². The number of benzene rings is 1. The van der Waals surface area contributed by atoms with E-state index in [9.17, 15) is 12.8 Å². The number of hydrogen-bond donors (Lipinski definition) is 0. The van der Waals surface area contributed by atoms with Gasteiger partial charge < -0.3 is 4.57 Å². The van der Waals surface area contributed by atoms with Crippen LogP contribution in [0.5, 0.6) is 0 Å². The Hall–Kier alpha value is -2.58. The van der Waals surface area contributed by atoms with Crippen LogP contribution in [0.4, 0.5) is 4.39 Å². The third-order valence-electron chi connectivity index (χ3n) is 5.10. The van der Waals surface area contributed by atoms with E-state index in [2.05, 4.69) is 14.5 Å². The summed E-state index contributed by atoms with van der Waals surface area (Å²) in [5.41, 5.74) is 1.95. The predicted octanol–water partition coefficient (Wildman–Crippen LogP) is 3.10. The van der Waals surface area contributed by atoms with Crippen LogP contribution in [0.25, 0.3) is 11.4 Å². The van der Waals surface area contributed by atoms with E-state index in [0.29, 0.717) is 19.6 Å². The van der Waals surface area contributed by atoms with Crippen molar-refractivity contribution in [3.05, 3.63) is 66.5 Å². The number of aryl methyl sites for hydroxylation is 1. The van der Waals surface area contributed by atoms with Crippen molar-refractivity contribution in [1.82, 2.24) is 18.8 Å². The van der Waals surface area contributed by atoms with Gasteiger partial charge >= 0.3 is 0 Å². The summed E-state index contributed by atoms with van der Waals surface area (Å²) in [7, 11) is -3.69. The summed E-state index contributed by atoms with van der Waals surface area (Å²) in [4.78, 5) is 8.66. The molecule has 3 heterocycles. The Morgan fingerprint density at radius 2 is 2.07 bits per heavy atom. The van der Waals surface area contributed by atoms with Crippen molar-refractivity contribution >= 4 is 10.0 Å². The molecule has 1 aliphatic heterocycles. The van der Waals surface area contributed by atoms with Gasteiger partial charge in [0.1, 0.15) is 11.6 Å². The van der Waals surface area contributed by atoms with Gasteiger partial charge in [-0.15, -0.1) is 0 Å². The summed E-state index contributed by atoms with van der Waals surface area (Å²) in [5.74, 6) is 0.440. The van der Waals surface area contributed by atoms with Crippen LogP contribution >= 0.6 is 0 Å². The second-order valence-corrected chi connectivity index (χ2v) is 8.99. The van der Waals surface area contributed by atoms with E-state index in [0.717, 1.165) is 29.6 Å². The molecular weight excluding hydrogens is 379 g/mol. The number of hydrogen-bond acceptors (Lipinski definition) is 4. The number of pyridine rings is 1. The second-order valence-electron chi connectivity index (χ2n) is 7.05. The first-order chi connectivity index (χ1) is 13.4. The van der Waals surface area contributed by atoms with Gasteiger partial charge in [-0.2, -0.15) is 4.31 Å². The van der Waals surface area contributed by atoms with Crippen LogP contribution in [0.2, 0.25) is 0 Å². The highest BCUT2D eigenvalue weighted by Crippen LogP contribution is 2.28. The lowest BCUT2D eigenvalue weighted by Gasteiger charge is -2.18. The molecule has 0 bridgehead atoms. The molecule has 1 aromatic carbocycles. The van der Waals surface area contributed by atoms with Crippen LogP contribution in [-0.2, 0) is 16.6 Å². The maximum Gasteiger partial charge on any atom is 0.243 e. The SMILES string of the molecule is Cc1cnc(-c2cccnc2)n1CC1CCN(S(=O)(=O)c2cccc(F)c2)C1. The largest absolute Gasteiger partial charge is 0.328 e. The first-order valence-corrected chi connectivity index (χ1v) is 10.6. The van der Waals surface area contributed by atoms with Crippen LogP contribution in [0.3, 0.4) is 0 Å². The number of aromatic nitrogens is 3. The molecule has 6 nitrogen and oxygen atoms in total. The van der Waals surface area contributed by atoms with Crippen molar-refractivity contribution in [3.8, 4) is 11.4 Å². The minimum absolute atomic E-state index is 0.00279. The fourth-order valence-corrected chi connectivity index (χ4v) is 5.18. The third kappa shape index (κ3) is 3.57. The van der Waals surface area contributed by atoms with Crippen molar-refractivity contribution in [1.29, 1.82) is 0 Å². The zero-order chi connectivity index (χ0) is 19.7. The Morgan fingerprint density at radius 1 is 1.21 bits per heavy atom. The van der Waals surface area contributed by atoms with Gasteiger partial charge in [0.05, 0.1) is 4.90 Å². The summed E-state index contributed by atoms with van der Waals surface area (Å²) in [6, 6.07) is 9.00. The molecule has 0 saturated carbocycles. The Bertz CT molecular complexity index is 1080. The maximum atomic E-state index is 13.5. The Morgan fingerprint density at radius 3 is 2.82 bits per heavy atom. The average Bonchev–Trinajstić information content (AvgIpc) is 3.31. The van der Waals surface area contributed by atoms with Gasteiger partial charge in [-0.1, -0.05) is 6.07 Å². The van der Waals surface area contributed by atoms with Crippen molar-refractivity contribution in [3.63, 3.8) is 0 Å². The molecule has 8 heteroatoms. The molecule has 0 radical (unpaired) electrons. The molecule has 0 amide bonds. The quantitative estimate of drug-likeness (QED) is 0.660. The van der Waals surface area contributed by atoms with Crippen LogP contribution < -0.4 is 0 Å². The Kier molecular flexibility index (Phi) is 4.99. The van der Waals surface area contributed by atoms with Crippen LogP contribution in [-0.4, -0.2) is 40.3 Å². The van der Waals surface area contributed by atoms with E-state index in [1.54, 1.807) is 12.4 Å². The molecule has 1 atom stereocenters. The zero-order valence-corrected chi connectivity index (χ0v) is 16.3. The van der Waals surface area contributed by atoms with Crippen LogP contribution in [0.1, 0.15) is 12.1 Å². The molecule has 4 rings (SSSR count). The Labute approximate surface area is 163 Å². The molecule has 0 aliphatic carbocycles. The third-order valence-corrected chi connectivity index (χ3v) is 6.96. The van der Waals surface area contributed by atoms with Gasteiger partial charge in [-0.3, -0.25) is 4.98 Å². The monoisotopic (exact) mass is 400 g/mol. The lowest BCUT2D eigenvalue weighted by Crippen LogP contribution is -2.29. The molecule has 28 heavy (non-hydrogen) atoms. The summed E-state index contributed by atoms with van der Waals surface area (Å²) < 4.78 is 42.7. The molecule has 146 valence electrons. The van der Waals surface area contributed by atoms with E-state index in [-0.39, 0.29) is 10.8 Å². The lowest BCUT2D eigenvalue weighted by atomic mass is 10.1. The van der Waals surface area contributed by atoms with E-state index in [4.69, 9.17) is 0 Å². The summed E-state index contributed by atoms with van der Waals surface area (Å²) in [6.07, 6.45) is 6.06. The molecular formula is C20H21FN4O2S. The second kappa shape index (κ2) is 7.44. The van der Waals surface area contributed by atoms with Crippen molar-refractivity contribution < 1.29 is 12.8 Å². The van der Waals surface area contributed by atoms with Gasteiger partial charge in [0, 0.05) is 49.5 Å². The van der Waals surface area contributed by atoms with Crippen LogP contribution in [0.15, 0.2) is 59.9 Å². The maximum absolute atomic E-state index is 13.5. The number of halogens is 1. The van der Waals surface area contributed by atoms with Gasteiger partial charge in [0.15, 0.2) is 0 Å². The van der Waals surface area contributed by atoms with Gasteiger partial charge in [-0.25, -0.2) is 17.8 Å². The van der Waals surface area contributed by atoms with Crippen molar-refractivity contribution in [2.24, 2.45) is 5.92 Å². The smallest absolute Gasteiger partial charge is 0.243 e. The normalized spacial score (nSPS) is 17.9. The zero-order valence-electron chi connectivity index (χ0n) is 15.5. The standard InChI is InChI=1S/C20H21FN4O2S/c1-15-11-23-20(17-4-3-8-22-12-17)25(15)14-16-7-9-24(13-16)28(26,27)19-6-2-5-18(21)10-19/h2-6,8,10-12,16H,7,9,13-14H2,1H3. The molecule has 1 unspecified atom stereocenters. The molecule has 1 fully saturated rings. The number of rotatable bonds is 5. The minimum Gasteiger partial charge on any atom is -0.328 e. The summed E-state index contributed by atoms with van der Waals surface area (Å²) in [5, 5.41) is 0. The fraction of sp³-hybridized carbons (Fsp3) is 0.300. The summed E-state index contributed by atoms with van der Waals surface area (Å²) >= 11 is 0. The highest BCUT2D eigenvalue weighted by atomic mass is 32.2. The van der Waals surface area contributed by atoms with Crippen molar-refractivity contribution in [2.75, 3.05) is 13.1 Å². The first kappa shape index (κ1) is 18.8. The van der Waals surface area contributed by atoms with Gasteiger partial charge in [0.25, 0.3) is 0 Å². The van der Waals surface area contributed by atoms with Gasteiger partial charge in [-0.05, 0) is 49.6 Å². The van der Waals surface area contributed by atoms with Crippen molar-refractivity contribution in [2.45, 2.75) is 24.8 Å².